The van der Waals surface area contributed by atoms with Crippen LogP contribution in [-0.2, 0) is 14.4 Å². The second-order valence-corrected chi connectivity index (χ2v) is 16.5. The van der Waals surface area contributed by atoms with Gasteiger partial charge in [-0.3, -0.25) is 19.3 Å². The van der Waals surface area contributed by atoms with Gasteiger partial charge in [0.05, 0.1) is 18.9 Å². The number of rotatable bonds is 8. The third-order valence-corrected chi connectivity index (χ3v) is 14.8. The van der Waals surface area contributed by atoms with Gasteiger partial charge in [0.1, 0.15) is 17.1 Å². The number of nitrogens with one attached hydrogen (secondary N) is 2. The molecular weight excluding hydrogens is 592 g/mol. The van der Waals surface area contributed by atoms with Crippen LogP contribution in [-0.4, -0.2) is 68.9 Å². The number of carbonyl (C=O) groups excluding carboxylic acids is 3. The zero-order chi connectivity index (χ0) is 32.3. The van der Waals surface area contributed by atoms with Crippen molar-refractivity contribution in [3.05, 3.63) is 21.7 Å². The van der Waals surface area contributed by atoms with Crippen LogP contribution in [0.1, 0.15) is 91.9 Å². The van der Waals surface area contributed by atoms with Gasteiger partial charge >= 0.3 is 0 Å². The van der Waals surface area contributed by atoms with Crippen LogP contribution >= 0.6 is 11.8 Å². The van der Waals surface area contributed by atoms with Gasteiger partial charge in [-0.2, -0.15) is 0 Å². The van der Waals surface area contributed by atoms with E-state index in [1.807, 2.05) is 0 Å². The van der Waals surface area contributed by atoms with Gasteiger partial charge in [0.15, 0.2) is 0 Å². The SMILES string of the molecule is CC1=C(C(=O)NCN=[N+]=[N-])N2C(=O)C(NC(=O)CC[C@@H](C)[C@H]3CC[C@H]4[C@@H]5CC[C@@H]6C[C@H](O)CC[C@]6(C)C5C[C@H](O)[C@]34C)C2SC1. The lowest BCUT2D eigenvalue weighted by atomic mass is 9.43. The van der Waals surface area contributed by atoms with Crippen molar-refractivity contribution >= 4 is 29.5 Å². The molecule has 3 amide bonds. The van der Waals surface area contributed by atoms with E-state index in [2.05, 4.69) is 41.4 Å². The monoisotopic (exact) mass is 642 g/mol. The lowest BCUT2D eigenvalue weighted by molar-refractivity contribution is -0.175. The Morgan fingerprint density at radius 3 is 2.69 bits per heavy atom. The van der Waals surface area contributed by atoms with Gasteiger partial charge < -0.3 is 20.8 Å². The van der Waals surface area contributed by atoms with E-state index >= 15 is 0 Å². The van der Waals surface area contributed by atoms with Gasteiger partial charge in [-0.25, -0.2) is 0 Å². The number of aliphatic hydroxyl groups excluding tert-OH is 2. The van der Waals surface area contributed by atoms with Gasteiger partial charge in [0, 0.05) is 17.1 Å². The number of hydrogen-bond acceptors (Lipinski definition) is 7. The summed E-state index contributed by atoms with van der Waals surface area (Å²) >= 11 is 1.53. The molecule has 5 fully saturated rings. The Labute approximate surface area is 270 Å². The van der Waals surface area contributed by atoms with Crippen molar-refractivity contribution in [3.8, 4) is 0 Å². The van der Waals surface area contributed by atoms with Crippen molar-refractivity contribution in [2.75, 3.05) is 12.4 Å². The number of nitrogens with zero attached hydrogens (tertiary/aromatic N) is 4. The zero-order valence-electron chi connectivity index (χ0n) is 27.1. The Bertz CT molecular complexity index is 1300. The molecule has 2 aliphatic heterocycles. The Kier molecular flexibility index (Phi) is 9.00. The standard InChI is InChI=1S/C33H50N6O5S/c1-17(5-10-26(42)37-27-30(44)39-28(18(2)15-45-31(27)39)29(43)35-16-36-38-34)22-8-9-23-21-7-6-19-13-20(40)11-12-32(19,3)24(21)14-25(41)33(22,23)4/h17,19-25,27,31,40-41H,5-16H2,1-4H3,(H,35,43)(H,37,42)/t17-,19-,20-,21+,22-,23+,24?,25+,27?,31?,32+,33-/m1/s1. The van der Waals surface area contributed by atoms with Crippen LogP contribution in [0.25, 0.3) is 10.4 Å². The molecule has 0 bridgehead atoms. The first-order chi connectivity index (χ1) is 21.4. The third kappa shape index (κ3) is 5.37. The van der Waals surface area contributed by atoms with Crippen LogP contribution in [0.4, 0.5) is 0 Å². The number of azide groups is 1. The van der Waals surface area contributed by atoms with Crippen molar-refractivity contribution in [2.45, 2.75) is 116 Å². The fourth-order valence-electron chi connectivity index (χ4n) is 11.0. The highest BCUT2D eigenvalue weighted by Gasteiger charge is 2.63. The van der Waals surface area contributed by atoms with Crippen LogP contribution in [0.2, 0.25) is 0 Å². The quantitative estimate of drug-likeness (QED) is 0.132. The minimum absolute atomic E-state index is 0.155. The second-order valence-electron chi connectivity index (χ2n) is 15.4. The lowest BCUT2D eigenvalue weighted by Crippen LogP contribution is -2.70. The molecule has 0 aromatic rings. The molecule has 2 heterocycles. The lowest BCUT2D eigenvalue weighted by Gasteiger charge is -2.62. The first-order valence-corrected chi connectivity index (χ1v) is 18.1. The molecule has 6 rings (SSSR count). The number of fused-ring (bicyclic) bond motifs is 6. The average Bonchev–Trinajstić information content (AvgIpc) is 3.38. The maximum atomic E-state index is 13.2. The number of hydrogen-bond donors (Lipinski definition) is 4. The van der Waals surface area contributed by atoms with Gasteiger partial charge in [-0.05, 0) is 122 Å². The molecule has 12 heteroatoms. The highest BCUT2D eigenvalue weighted by atomic mass is 32.2. The largest absolute Gasteiger partial charge is 0.393 e. The van der Waals surface area contributed by atoms with Gasteiger partial charge in [-0.15, -0.1) is 11.8 Å². The number of β-lactam (4-membered cyclic amide) rings is 1. The van der Waals surface area contributed by atoms with Crippen LogP contribution < -0.4 is 10.6 Å². The molecule has 0 radical (unpaired) electrons. The summed E-state index contributed by atoms with van der Waals surface area (Å²) < 4.78 is 0. The van der Waals surface area contributed by atoms with Crippen molar-refractivity contribution < 1.29 is 24.6 Å². The normalized spacial score (nSPS) is 42.7. The molecule has 0 aromatic carbocycles. The smallest absolute Gasteiger partial charge is 0.268 e. The Balaban J connectivity index is 1.05. The maximum absolute atomic E-state index is 13.2. The molecule has 11 nitrogen and oxygen atoms in total. The first-order valence-electron chi connectivity index (χ1n) is 17.0. The average molecular weight is 643 g/mol. The summed E-state index contributed by atoms with van der Waals surface area (Å²) in [6, 6.07) is -0.672. The van der Waals surface area contributed by atoms with Gasteiger partial charge in [-0.1, -0.05) is 25.9 Å². The highest BCUT2D eigenvalue weighted by Crippen LogP contribution is 2.68. The number of carbonyl (C=O) groups is 3. The van der Waals surface area contributed by atoms with E-state index in [0.29, 0.717) is 48.2 Å². The van der Waals surface area contributed by atoms with Crippen LogP contribution in [0.5, 0.6) is 0 Å². The topological polar surface area (TPSA) is 168 Å². The molecule has 4 saturated carbocycles. The Morgan fingerprint density at radius 1 is 1.16 bits per heavy atom. The summed E-state index contributed by atoms with van der Waals surface area (Å²) in [5.74, 6) is 2.45. The van der Waals surface area contributed by atoms with E-state index in [1.54, 1.807) is 6.92 Å². The predicted octanol–water partition coefficient (Wildman–Crippen LogP) is 4.45. The summed E-state index contributed by atoms with van der Waals surface area (Å²) in [5, 5.41) is 30.7. The molecule has 248 valence electrons. The number of aliphatic hydroxyl groups is 2. The minimum Gasteiger partial charge on any atom is -0.393 e. The molecular formula is C33H50N6O5S. The molecule has 1 saturated heterocycles. The van der Waals surface area contributed by atoms with Crippen LogP contribution in [0, 0.1) is 46.3 Å². The molecule has 12 atom stereocenters. The van der Waals surface area contributed by atoms with Crippen molar-refractivity contribution in [1.29, 1.82) is 0 Å². The first kappa shape index (κ1) is 32.7. The molecule has 4 aliphatic carbocycles. The second kappa shape index (κ2) is 12.4. The van der Waals surface area contributed by atoms with E-state index in [0.717, 1.165) is 44.1 Å². The van der Waals surface area contributed by atoms with E-state index in [9.17, 15) is 24.6 Å². The molecule has 0 aromatic heterocycles. The molecule has 4 N–H and O–H groups in total. The summed E-state index contributed by atoms with van der Waals surface area (Å²) in [5.41, 5.74) is 9.58. The predicted molar refractivity (Wildman–Crippen MR) is 171 cm³/mol. The third-order valence-electron chi connectivity index (χ3n) is 13.4. The molecule has 0 spiro atoms. The highest BCUT2D eigenvalue weighted by molar-refractivity contribution is 8.00. The number of amides is 3. The fourth-order valence-corrected chi connectivity index (χ4v) is 12.3. The minimum atomic E-state index is -0.672. The van der Waals surface area contributed by atoms with Crippen LogP contribution in [0.15, 0.2) is 16.4 Å². The van der Waals surface area contributed by atoms with Crippen molar-refractivity contribution in [1.82, 2.24) is 15.5 Å². The van der Waals surface area contributed by atoms with Gasteiger partial charge in [0.2, 0.25) is 5.91 Å². The summed E-state index contributed by atoms with van der Waals surface area (Å²) in [6.45, 7) is 8.60. The van der Waals surface area contributed by atoms with E-state index in [4.69, 9.17) is 5.53 Å². The summed E-state index contributed by atoms with van der Waals surface area (Å²) in [6.07, 6.45) is 8.80. The summed E-state index contributed by atoms with van der Waals surface area (Å²) in [4.78, 5) is 43.0. The molecule has 3 unspecified atom stereocenters. The van der Waals surface area contributed by atoms with E-state index in [1.165, 1.54) is 29.5 Å². The fraction of sp³-hybridized carbons (Fsp3) is 0.848. The van der Waals surface area contributed by atoms with Crippen molar-refractivity contribution in [2.24, 2.45) is 51.5 Å². The Hall–Kier alpha value is -2.27. The van der Waals surface area contributed by atoms with Crippen molar-refractivity contribution in [3.63, 3.8) is 0 Å². The van der Waals surface area contributed by atoms with E-state index < -0.39 is 11.9 Å². The summed E-state index contributed by atoms with van der Waals surface area (Å²) in [7, 11) is 0. The molecule has 6 aliphatic rings. The maximum Gasteiger partial charge on any atom is 0.268 e. The Morgan fingerprint density at radius 2 is 1.93 bits per heavy atom. The van der Waals surface area contributed by atoms with Gasteiger partial charge in [0.25, 0.3) is 11.8 Å². The van der Waals surface area contributed by atoms with E-state index in [-0.39, 0.29) is 58.5 Å². The zero-order valence-corrected chi connectivity index (χ0v) is 27.9. The number of thioether (sulfide) groups is 1. The molecule has 45 heavy (non-hydrogen) atoms. The van der Waals surface area contributed by atoms with Crippen LogP contribution in [0.3, 0.4) is 0 Å².